The molecule has 0 aliphatic carbocycles. The summed E-state index contributed by atoms with van der Waals surface area (Å²) in [5, 5.41) is 0.556. The molecule has 3 heteroatoms. The van der Waals surface area contributed by atoms with Crippen molar-refractivity contribution < 1.29 is 4.39 Å². The average molecular weight is 226 g/mol. The van der Waals surface area contributed by atoms with Crippen LogP contribution >= 0.6 is 15.9 Å². The van der Waals surface area contributed by atoms with Crippen LogP contribution in [0.2, 0.25) is 0 Å². The quantitative estimate of drug-likeness (QED) is 0.629. The molecule has 0 fully saturated rings. The fourth-order valence-electron chi connectivity index (χ4n) is 1.10. The number of rotatable bonds is 0. The summed E-state index contributed by atoms with van der Waals surface area (Å²) in [5.74, 6) is -0.243. The van der Waals surface area contributed by atoms with Gasteiger partial charge in [-0.1, -0.05) is 12.1 Å². The van der Waals surface area contributed by atoms with E-state index in [0.29, 0.717) is 15.5 Å². The normalized spacial score (nSPS) is 10.5. The number of halogens is 2. The maximum atomic E-state index is 13.2. The number of pyridine rings is 1. The Morgan fingerprint density at radius 2 is 2.00 bits per heavy atom. The van der Waals surface area contributed by atoms with Crippen molar-refractivity contribution in [3.63, 3.8) is 0 Å². The van der Waals surface area contributed by atoms with Gasteiger partial charge in [-0.3, -0.25) is 0 Å². The first kappa shape index (κ1) is 7.68. The van der Waals surface area contributed by atoms with E-state index < -0.39 is 0 Å². The maximum Gasteiger partial charge on any atom is 0.135 e. The van der Waals surface area contributed by atoms with Gasteiger partial charge in [-0.05, 0) is 28.1 Å². The molecule has 2 rings (SSSR count). The molecule has 12 heavy (non-hydrogen) atoms. The lowest BCUT2D eigenvalue weighted by Crippen LogP contribution is -1.83. The zero-order chi connectivity index (χ0) is 8.55. The van der Waals surface area contributed by atoms with Gasteiger partial charge in [-0.25, -0.2) is 9.37 Å². The highest BCUT2D eigenvalue weighted by Gasteiger charge is 2.01. The van der Waals surface area contributed by atoms with Gasteiger partial charge in [0, 0.05) is 11.5 Å². The Morgan fingerprint density at radius 3 is 2.83 bits per heavy atom. The van der Waals surface area contributed by atoms with Gasteiger partial charge < -0.3 is 0 Å². The molecule has 0 radical (unpaired) electrons. The molecule has 0 saturated heterocycles. The molecule has 1 aromatic carbocycles. The number of benzene rings is 1. The number of fused-ring (bicyclic) bond motifs is 1. The van der Waals surface area contributed by atoms with Crippen molar-refractivity contribution in [1.82, 2.24) is 4.98 Å². The number of para-hydroxylation sites is 1. The molecule has 0 spiro atoms. The summed E-state index contributed by atoms with van der Waals surface area (Å²) in [7, 11) is 0. The molecule has 0 aliphatic rings. The smallest absolute Gasteiger partial charge is 0.135 e. The molecule has 1 nitrogen and oxygen atoms in total. The Bertz CT molecular complexity index is 428. The highest BCUT2D eigenvalue weighted by atomic mass is 79.9. The van der Waals surface area contributed by atoms with Crippen molar-refractivity contribution in [1.29, 1.82) is 0 Å². The molecular formula is C9H5BrFN. The van der Waals surface area contributed by atoms with Crippen LogP contribution in [0.4, 0.5) is 4.39 Å². The monoisotopic (exact) mass is 225 g/mol. The largest absolute Gasteiger partial charge is 0.241 e. The van der Waals surface area contributed by atoms with E-state index in [4.69, 9.17) is 0 Å². The molecular weight excluding hydrogens is 221 g/mol. The van der Waals surface area contributed by atoms with E-state index >= 15 is 0 Å². The van der Waals surface area contributed by atoms with Crippen LogP contribution in [0.5, 0.6) is 0 Å². The lowest BCUT2D eigenvalue weighted by molar-refractivity contribution is 0.637. The molecule has 0 saturated carbocycles. The third-order valence-corrected chi connectivity index (χ3v) is 2.04. The second kappa shape index (κ2) is 2.83. The summed E-state index contributed by atoms with van der Waals surface area (Å²) in [6.45, 7) is 0. The summed E-state index contributed by atoms with van der Waals surface area (Å²) >= 11 is 3.13. The van der Waals surface area contributed by atoms with E-state index in [9.17, 15) is 4.39 Å². The van der Waals surface area contributed by atoms with Crippen LogP contribution in [0.1, 0.15) is 0 Å². The second-order valence-corrected chi connectivity index (χ2v) is 3.26. The minimum absolute atomic E-state index is 0.243. The van der Waals surface area contributed by atoms with E-state index in [-0.39, 0.29) is 5.82 Å². The van der Waals surface area contributed by atoms with Crippen molar-refractivity contribution in [2.45, 2.75) is 0 Å². The SMILES string of the molecule is Fc1cc(Br)nc2ccccc12. The third-order valence-electron chi connectivity index (χ3n) is 1.63. The standard InChI is InChI=1S/C9H5BrFN/c10-9-5-7(11)6-3-1-2-4-8(6)12-9/h1-5H. The third kappa shape index (κ3) is 1.20. The first-order valence-electron chi connectivity index (χ1n) is 3.48. The van der Waals surface area contributed by atoms with Gasteiger partial charge in [0.05, 0.1) is 5.52 Å². The topological polar surface area (TPSA) is 12.9 Å². The van der Waals surface area contributed by atoms with E-state index in [1.54, 1.807) is 18.2 Å². The molecule has 1 aromatic heterocycles. The molecule has 60 valence electrons. The highest BCUT2D eigenvalue weighted by molar-refractivity contribution is 9.10. The number of hydrogen-bond donors (Lipinski definition) is 0. The first-order valence-corrected chi connectivity index (χ1v) is 4.27. The van der Waals surface area contributed by atoms with Gasteiger partial charge in [0.2, 0.25) is 0 Å². The van der Waals surface area contributed by atoms with Gasteiger partial charge in [-0.15, -0.1) is 0 Å². The molecule has 2 aromatic rings. The molecule has 0 bridgehead atoms. The molecule has 0 aliphatic heterocycles. The van der Waals surface area contributed by atoms with Crippen molar-refractivity contribution in [2.24, 2.45) is 0 Å². The van der Waals surface area contributed by atoms with Crippen LogP contribution < -0.4 is 0 Å². The van der Waals surface area contributed by atoms with Crippen molar-refractivity contribution in [3.05, 3.63) is 40.8 Å². The fraction of sp³-hybridized carbons (Fsp3) is 0. The van der Waals surface area contributed by atoms with Crippen molar-refractivity contribution >= 4 is 26.8 Å². The number of hydrogen-bond acceptors (Lipinski definition) is 1. The van der Waals surface area contributed by atoms with Crippen LogP contribution in [0.15, 0.2) is 34.9 Å². The molecule has 1 heterocycles. The maximum absolute atomic E-state index is 13.2. The number of aromatic nitrogens is 1. The van der Waals surface area contributed by atoms with Gasteiger partial charge in [-0.2, -0.15) is 0 Å². The Kier molecular flexibility index (Phi) is 1.81. The summed E-state index contributed by atoms with van der Waals surface area (Å²) in [5.41, 5.74) is 0.671. The van der Waals surface area contributed by atoms with Gasteiger partial charge >= 0.3 is 0 Å². The molecule has 0 amide bonds. The summed E-state index contributed by atoms with van der Waals surface area (Å²) in [6, 6.07) is 8.48. The van der Waals surface area contributed by atoms with E-state index in [1.807, 2.05) is 6.07 Å². The fourth-order valence-corrected chi connectivity index (χ4v) is 1.49. The van der Waals surface area contributed by atoms with E-state index in [0.717, 1.165) is 0 Å². The lowest BCUT2D eigenvalue weighted by Gasteiger charge is -1.98. The minimum Gasteiger partial charge on any atom is -0.241 e. The molecule has 0 N–H and O–H groups in total. The van der Waals surface area contributed by atoms with Gasteiger partial charge in [0.15, 0.2) is 0 Å². The van der Waals surface area contributed by atoms with Crippen LogP contribution in [0.3, 0.4) is 0 Å². The predicted octanol–water partition coefficient (Wildman–Crippen LogP) is 3.14. The number of nitrogens with zero attached hydrogens (tertiary/aromatic N) is 1. The Labute approximate surface area is 77.4 Å². The van der Waals surface area contributed by atoms with Gasteiger partial charge in [0.1, 0.15) is 10.4 Å². The highest BCUT2D eigenvalue weighted by Crippen LogP contribution is 2.18. The van der Waals surface area contributed by atoms with Crippen LogP contribution in [0.25, 0.3) is 10.9 Å². The Morgan fingerprint density at radius 1 is 1.25 bits per heavy atom. The van der Waals surface area contributed by atoms with Crippen LogP contribution in [-0.4, -0.2) is 4.98 Å². The Hall–Kier alpha value is -0.960. The van der Waals surface area contributed by atoms with Crippen molar-refractivity contribution in [2.75, 3.05) is 0 Å². The van der Waals surface area contributed by atoms with Crippen LogP contribution in [-0.2, 0) is 0 Å². The molecule has 0 atom stereocenters. The average Bonchev–Trinajstić information content (AvgIpc) is 2.04. The molecule has 0 unspecified atom stereocenters. The summed E-state index contributed by atoms with van der Waals surface area (Å²) in [6.07, 6.45) is 0. The summed E-state index contributed by atoms with van der Waals surface area (Å²) < 4.78 is 13.7. The van der Waals surface area contributed by atoms with E-state index in [1.165, 1.54) is 6.07 Å². The van der Waals surface area contributed by atoms with E-state index in [2.05, 4.69) is 20.9 Å². The summed E-state index contributed by atoms with van der Waals surface area (Å²) in [4.78, 5) is 4.11. The first-order chi connectivity index (χ1) is 5.77. The van der Waals surface area contributed by atoms with Gasteiger partial charge in [0.25, 0.3) is 0 Å². The zero-order valence-corrected chi connectivity index (χ0v) is 7.68. The predicted molar refractivity (Wildman–Crippen MR) is 49.4 cm³/mol. The Balaban J connectivity index is 2.89. The van der Waals surface area contributed by atoms with Crippen molar-refractivity contribution in [3.8, 4) is 0 Å². The second-order valence-electron chi connectivity index (χ2n) is 2.44. The zero-order valence-electron chi connectivity index (χ0n) is 6.09. The van der Waals surface area contributed by atoms with Crippen LogP contribution in [0, 0.1) is 5.82 Å². The lowest BCUT2D eigenvalue weighted by atomic mass is 10.2. The minimum atomic E-state index is -0.243.